The summed E-state index contributed by atoms with van der Waals surface area (Å²) in [6, 6.07) is 4.52. The molecule has 0 spiro atoms. The Kier molecular flexibility index (Phi) is 4.70. The number of hydrogen-bond donors (Lipinski definition) is 1. The van der Waals surface area contributed by atoms with Crippen LogP contribution in [-0.2, 0) is 4.74 Å². The van der Waals surface area contributed by atoms with Crippen LogP contribution in [0.4, 0.5) is 0 Å². The largest absolute Gasteiger partial charge is 0.381 e. The first-order chi connectivity index (χ1) is 7.77. The molecule has 90 valence electrons. The second-order valence-electron chi connectivity index (χ2n) is 4.24. The zero-order chi connectivity index (χ0) is 11.4. The highest BCUT2D eigenvalue weighted by atomic mass is 32.2. The monoisotopic (exact) mass is 257 g/mol. The molecule has 1 aliphatic rings. The van der Waals surface area contributed by atoms with E-state index >= 15 is 0 Å². The molecule has 0 radical (unpaired) electrons. The summed E-state index contributed by atoms with van der Waals surface area (Å²) in [5, 5.41) is 3.30. The molecule has 0 amide bonds. The van der Waals surface area contributed by atoms with E-state index in [2.05, 4.69) is 24.4 Å². The zero-order valence-electron chi connectivity index (χ0n) is 9.59. The molecule has 1 aromatic rings. The Labute approximate surface area is 106 Å². The van der Waals surface area contributed by atoms with Crippen molar-refractivity contribution in [3.05, 3.63) is 22.4 Å². The molecule has 0 aromatic carbocycles. The molecule has 1 fully saturated rings. The van der Waals surface area contributed by atoms with Gasteiger partial charge in [-0.15, -0.1) is 23.1 Å². The van der Waals surface area contributed by atoms with Gasteiger partial charge in [0, 0.05) is 29.4 Å². The first-order valence-corrected chi connectivity index (χ1v) is 7.62. The minimum absolute atomic E-state index is 0.214. The third-order valence-electron chi connectivity index (χ3n) is 2.81. The van der Waals surface area contributed by atoms with Crippen LogP contribution in [0.3, 0.4) is 0 Å². The van der Waals surface area contributed by atoms with E-state index in [1.54, 1.807) is 0 Å². The van der Waals surface area contributed by atoms with Crippen molar-refractivity contribution in [2.75, 3.05) is 13.2 Å². The normalized spacial score (nSPS) is 21.9. The maximum atomic E-state index is 6.10. The average molecular weight is 257 g/mol. The van der Waals surface area contributed by atoms with E-state index < -0.39 is 0 Å². The maximum absolute atomic E-state index is 6.10. The maximum Gasteiger partial charge on any atom is 0.0542 e. The second kappa shape index (κ2) is 6.05. The van der Waals surface area contributed by atoms with Gasteiger partial charge in [-0.2, -0.15) is 0 Å². The highest BCUT2D eigenvalue weighted by molar-refractivity contribution is 8.00. The predicted octanol–water partition coefficient (Wildman–Crippen LogP) is 3.05. The van der Waals surface area contributed by atoms with Crippen molar-refractivity contribution >= 4 is 23.1 Å². The Bertz CT molecular complexity index is 294. The Hall–Kier alpha value is -0.0300. The fourth-order valence-corrected chi connectivity index (χ4v) is 4.42. The van der Waals surface area contributed by atoms with E-state index in [1.807, 2.05) is 23.1 Å². The summed E-state index contributed by atoms with van der Waals surface area (Å²) < 4.78 is 5.39. The van der Waals surface area contributed by atoms with E-state index in [9.17, 15) is 0 Å². The van der Waals surface area contributed by atoms with E-state index in [0.717, 1.165) is 13.2 Å². The number of nitrogens with two attached hydrogens (primary N) is 1. The number of ether oxygens (including phenoxy) is 1. The fourth-order valence-electron chi connectivity index (χ4n) is 1.92. The molecule has 1 saturated heterocycles. The molecule has 2 unspecified atom stereocenters. The molecular formula is C12H19NOS2. The van der Waals surface area contributed by atoms with E-state index in [4.69, 9.17) is 10.5 Å². The van der Waals surface area contributed by atoms with Crippen LogP contribution in [0.5, 0.6) is 0 Å². The summed E-state index contributed by atoms with van der Waals surface area (Å²) in [7, 11) is 0. The third-order valence-corrected chi connectivity index (χ3v) is 5.75. The van der Waals surface area contributed by atoms with Gasteiger partial charge in [-0.3, -0.25) is 0 Å². The summed E-state index contributed by atoms with van der Waals surface area (Å²) >= 11 is 3.85. The van der Waals surface area contributed by atoms with Crippen LogP contribution in [0.25, 0.3) is 0 Å². The fraction of sp³-hybridized carbons (Fsp3) is 0.667. The quantitative estimate of drug-likeness (QED) is 0.900. The highest BCUT2D eigenvalue weighted by Crippen LogP contribution is 2.39. The number of thioether (sulfide) groups is 1. The van der Waals surface area contributed by atoms with E-state index in [0.29, 0.717) is 10.5 Å². The summed E-state index contributed by atoms with van der Waals surface area (Å²) in [4.78, 5) is 1.41. The van der Waals surface area contributed by atoms with Crippen LogP contribution in [0.1, 0.15) is 29.9 Å². The van der Waals surface area contributed by atoms with Gasteiger partial charge < -0.3 is 10.5 Å². The van der Waals surface area contributed by atoms with Crippen molar-refractivity contribution in [1.82, 2.24) is 0 Å². The molecule has 2 nitrogen and oxygen atoms in total. The predicted molar refractivity (Wildman–Crippen MR) is 72.1 cm³/mol. The van der Waals surface area contributed by atoms with Crippen LogP contribution in [0, 0.1) is 0 Å². The summed E-state index contributed by atoms with van der Waals surface area (Å²) in [6.07, 6.45) is 2.33. The number of thiophene rings is 1. The molecule has 4 heteroatoms. The van der Waals surface area contributed by atoms with Gasteiger partial charge in [-0.05, 0) is 31.2 Å². The van der Waals surface area contributed by atoms with E-state index in [-0.39, 0.29) is 6.04 Å². The Morgan fingerprint density at radius 1 is 1.50 bits per heavy atom. The topological polar surface area (TPSA) is 35.2 Å². The zero-order valence-corrected chi connectivity index (χ0v) is 11.2. The Morgan fingerprint density at radius 3 is 2.81 bits per heavy atom. The second-order valence-corrected chi connectivity index (χ2v) is 6.67. The first kappa shape index (κ1) is 12.4. The minimum atomic E-state index is 0.214. The van der Waals surface area contributed by atoms with Gasteiger partial charge in [0.2, 0.25) is 0 Å². The lowest BCUT2D eigenvalue weighted by atomic mass is 10.2. The van der Waals surface area contributed by atoms with Crippen LogP contribution < -0.4 is 5.73 Å². The van der Waals surface area contributed by atoms with Crippen molar-refractivity contribution in [1.29, 1.82) is 0 Å². The molecular weight excluding hydrogens is 238 g/mol. The van der Waals surface area contributed by atoms with Crippen molar-refractivity contribution in [3.63, 3.8) is 0 Å². The molecule has 2 atom stereocenters. The molecule has 1 aromatic heterocycles. The average Bonchev–Trinajstić information content (AvgIpc) is 2.80. The van der Waals surface area contributed by atoms with Crippen LogP contribution in [0.2, 0.25) is 0 Å². The standard InChI is InChI=1S/C12H19NOS2/c1-9(13)12(11-3-2-8-15-11)16-10-4-6-14-7-5-10/h2-3,8-10,12H,4-7,13H2,1H3. The number of hydrogen-bond acceptors (Lipinski definition) is 4. The molecule has 0 bridgehead atoms. The molecule has 1 aliphatic heterocycles. The molecule has 0 aliphatic carbocycles. The van der Waals surface area contributed by atoms with Gasteiger partial charge >= 0.3 is 0 Å². The van der Waals surface area contributed by atoms with Gasteiger partial charge in [0.05, 0.1) is 5.25 Å². The molecule has 2 N–H and O–H groups in total. The smallest absolute Gasteiger partial charge is 0.0542 e. The summed E-state index contributed by atoms with van der Waals surface area (Å²) in [6.45, 7) is 3.93. The van der Waals surface area contributed by atoms with Gasteiger partial charge in [-0.1, -0.05) is 6.07 Å². The van der Waals surface area contributed by atoms with Crippen molar-refractivity contribution < 1.29 is 4.74 Å². The van der Waals surface area contributed by atoms with Gasteiger partial charge in [0.1, 0.15) is 0 Å². The number of rotatable bonds is 4. The lowest BCUT2D eigenvalue weighted by Crippen LogP contribution is -2.26. The lowest BCUT2D eigenvalue weighted by molar-refractivity contribution is 0.0999. The van der Waals surface area contributed by atoms with Gasteiger partial charge in [0.25, 0.3) is 0 Å². The minimum Gasteiger partial charge on any atom is -0.381 e. The van der Waals surface area contributed by atoms with Crippen molar-refractivity contribution in [2.45, 2.75) is 36.3 Å². The molecule has 16 heavy (non-hydrogen) atoms. The van der Waals surface area contributed by atoms with Crippen LogP contribution >= 0.6 is 23.1 Å². The SMILES string of the molecule is CC(N)C(SC1CCOCC1)c1cccs1. The Morgan fingerprint density at radius 2 is 2.25 bits per heavy atom. The van der Waals surface area contributed by atoms with Crippen LogP contribution in [0.15, 0.2) is 17.5 Å². The van der Waals surface area contributed by atoms with Crippen molar-refractivity contribution in [3.8, 4) is 0 Å². The van der Waals surface area contributed by atoms with Crippen molar-refractivity contribution in [2.24, 2.45) is 5.73 Å². The Balaban J connectivity index is 1.97. The van der Waals surface area contributed by atoms with Crippen LogP contribution in [-0.4, -0.2) is 24.5 Å². The van der Waals surface area contributed by atoms with E-state index in [1.165, 1.54) is 17.7 Å². The first-order valence-electron chi connectivity index (χ1n) is 5.79. The summed E-state index contributed by atoms with van der Waals surface area (Å²) in [5.41, 5.74) is 6.10. The van der Waals surface area contributed by atoms with Gasteiger partial charge in [0.15, 0.2) is 0 Å². The molecule has 2 heterocycles. The molecule has 0 saturated carbocycles. The summed E-state index contributed by atoms with van der Waals surface area (Å²) in [5.74, 6) is 0. The molecule has 2 rings (SSSR count). The van der Waals surface area contributed by atoms with Gasteiger partial charge in [-0.25, -0.2) is 0 Å². The highest BCUT2D eigenvalue weighted by Gasteiger charge is 2.24. The lowest BCUT2D eigenvalue weighted by Gasteiger charge is -2.27. The third kappa shape index (κ3) is 3.23.